The SMILES string of the molecule is CC(C)NC(=O)CNc1ccc(S(=O)(=O)N2C[C@@H](C)C[C@H](C)C2)cc1[N+](=O)[O-]. The van der Waals surface area contributed by atoms with Crippen LogP contribution >= 0.6 is 0 Å². The molecule has 2 rings (SSSR count). The van der Waals surface area contributed by atoms with Crippen molar-refractivity contribution in [2.24, 2.45) is 11.8 Å². The van der Waals surface area contributed by atoms with Crippen molar-refractivity contribution in [2.75, 3.05) is 25.0 Å². The number of sulfonamides is 1. The number of rotatable bonds is 7. The fourth-order valence-electron chi connectivity index (χ4n) is 3.47. The molecule has 0 radical (unpaired) electrons. The van der Waals surface area contributed by atoms with E-state index in [1.54, 1.807) is 0 Å². The zero-order valence-corrected chi connectivity index (χ0v) is 17.5. The molecule has 1 aliphatic heterocycles. The molecule has 1 heterocycles. The fourth-order valence-corrected chi connectivity index (χ4v) is 5.17. The van der Waals surface area contributed by atoms with Crippen LogP contribution in [0.15, 0.2) is 23.1 Å². The Kier molecular flexibility index (Phi) is 7.00. The highest BCUT2D eigenvalue weighted by Gasteiger charge is 2.33. The van der Waals surface area contributed by atoms with E-state index in [1.807, 2.05) is 27.7 Å². The third kappa shape index (κ3) is 5.41. The number of benzene rings is 1. The van der Waals surface area contributed by atoms with Crippen molar-refractivity contribution >= 4 is 27.3 Å². The highest BCUT2D eigenvalue weighted by Crippen LogP contribution is 2.31. The predicted molar refractivity (Wildman–Crippen MR) is 107 cm³/mol. The Morgan fingerprint density at radius 1 is 1.29 bits per heavy atom. The van der Waals surface area contributed by atoms with Crippen LogP contribution in [-0.2, 0) is 14.8 Å². The number of anilines is 1. The Bertz CT molecular complexity index is 830. The Morgan fingerprint density at radius 3 is 2.43 bits per heavy atom. The van der Waals surface area contributed by atoms with E-state index in [9.17, 15) is 23.3 Å². The number of hydrogen-bond donors (Lipinski definition) is 2. The average Bonchev–Trinajstić information content (AvgIpc) is 2.58. The number of carbonyl (C=O) groups excluding carboxylic acids is 1. The molecule has 1 saturated heterocycles. The Morgan fingerprint density at radius 2 is 1.89 bits per heavy atom. The van der Waals surface area contributed by atoms with E-state index in [1.165, 1.54) is 16.4 Å². The van der Waals surface area contributed by atoms with Gasteiger partial charge < -0.3 is 10.6 Å². The van der Waals surface area contributed by atoms with E-state index < -0.39 is 14.9 Å². The second kappa shape index (κ2) is 8.87. The van der Waals surface area contributed by atoms with Gasteiger partial charge in [-0.05, 0) is 44.2 Å². The number of carbonyl (C=O) groups is 1. The van der Waals surface area contributed by atoms with Crippen LogP contribution in [0.25, 0.3) is 0 Å². The molecular weight excluding hydrogens is 384 g/mol. The maximum absolute atomic E-state index is 13.0. The summed E-state index contributed by atoms with van der Waals surface area (Å²) in [5, 5.41) is 16.8. The number of piperidine rings is 1. The summed E-state index contributed by atoms with van der Waals surface area (Å²) in [7, 11) is -3.83. The summed E-state index contributed by atoms with van der Waals surface area (Å²) in [5.74, 6) is 0.153. The minimum atomic E-state index is -3.83. The number of nitrogens with zero attached hydrogens (tertiary/aromatic N) is 2. The number of nitro benzene ring substituents is 1. The quantitative estimate of drug-likeness (QED) is 0.523. The van der Waals surface area contributed by atoms with Crippen molar-refractivity contribution in [1.82, 2.24) is 9.62 Å². The second-order valence-corrected chi connectivity index (χ2v) is 9.72. The number of nitrogens with one attached hydrogen (secondary N) is 2. The van der Waals surface area contributed by atoms with Gasteiger partial charge >= 0.3 is 0 Å². The lowest BCUT2D eigenvalue weighted by atomic mass is 9.94. The molecule has 0 saturated carbocycles. The molecule has 1 aromatic rings. The molecule has 28 heavy (non-hydrogen) atoms. The van der Waals surface area contributed by atoms with E-state index in [2.05, 4.69) is 10.6 Å². The molecule has 0 bridgehead atoms. The van der Waals surface area contributed by atoms with E-state index in [0.717, 1.165) is 12.5 Å². The average molecular weight is 413 g/mol. The summed E-state index contributed by atoms with van der Waals surface area (Å²) >= 11 is 0. The van der Waals surface area contributed by atoms with Gasteiger partial charge in [0.2, 0.25) is 15.9 Å². The second-order valence-electron chi connectivity index (χ2n) is 7.78. The van der Waals surface area contributed by atoms with Crippen LogP contribution in [0.3, 0.4) is 0 Å². The fraction of sp³-hybridized carbons (Fsp3) is 0.611. The van der Waals surface area contributed by atoms with Gasteiger partial charge in [0.1, 0.15) is 5.69 Å². The van der Waals surface area contributed by atoms with Gasteiger partial charge in [0.05, 0.1) is 16.4 Å². The first-order valence-corrected chi connectivity index (χ1v) is 10.8. The lowest BCUT2D eigenvalue weighted by Gasteiger charge is -2.34. The highest BCUT2D eigenvalue weighted by molar-refractivity contribution is 7.89. The van der Waals surface area contributed by atoms with Gasteiger partial charge in [-0.15, -0.1) is 0 Å². The summed E-state index contributed by atoms with van der Waals surface area (Å²) < 4.78 is 27.3. The zero-order valence-electron chi connectivity index (χ0n) is 16.6. The maximum atomic E-state index is 13.0. The molecule has 0 aliphatic carbocycles. The lowest BCUT2D eigenvalue weighted by molar-refractivity contribution is -0.384. The van der Waals surface area contributed by atoms with Crippen molar-refractivity contribution in [1.29, 1.82) is 0 Å². The first kappa shape index (κ1) is 22.1. The van der Waals surface area contributed by atoms with E-state index in [-0.39, 0.29) is 46.6 Å². The number of amides is 1. The van der Waals surface area contributed by atoms with Gasteiger partial charge in [-0.2, -0.15) is 4.31 Å². The Labute approximate surface area is 165 Å². The standard InChI is InChI=1S/C18H28N4O5S/c1-12(2)20-18(23)9-19-16-6-5-15(8-17(16)22(24)25)28(26,27)21-10-13(3)7-14(4)11-21/h5-6,8,12-14,19H,7,9-11H2,1-4H3,(H,20,23)/t13-,14-/m0/s1. The molecular formula is C18H28N4O5S. The van der Waals surface area contributed by atoms with Crippen LogP contribution in [0, 0.1) is 22.0 Å². The van der Waals surface area contributed by atoms with E-state index >= 15 is 0 Å². The molecule has 2 N–H and O–H groups in total. The van der Waals surface area contributed by atoms with Gasteiger partial charge in [0.25, 0.3) is 5.69 Å². The van der Waals surface area contributed by atoms with Crippen LogP contribution in [0.4, 0.5) is 11.4 Å². The third-order valence-corrected chi connectivity index (χ3v) is 6.36. The predicted octanol–water partition coefficient (Wildman–Crippen LogP) is 2.20. The molecule has 2 atom stereocenters. The van der Waals surface area contributed by atoms with Gasteiger partial charge in [0, 0.05) is 25.2 Å². The molecule has 156 valence electrons. The smallest absolute Gasteiger partial charge is 0.293 e. The van der Waals surface area contributed by atoms with Gasteiger partial charge in [-0.1, -0.05) is 13.8 Å². The molecule has 1 amide bonds. The molecule has 0 aromatic heterocycles. The number of nitro groups is 1. The number of hydrogen-bond acceptors (Lipinski definition) is 6. The Balaban J connectivity index is 2.26. The first-order chi connectivity index (χ1) is 13.0. The van der Waals surface area contributed by atoms with Crippen molar-refractivity contribution in [2.45, 2.75) is 45.1 Å². The van der Waals surface area contributed by atoms with Gasteiger partial charge in [-0.3, -0.25) is 14.9 Å². The summed E-state index contributed by atoms with van der Waals surface area (Å²) in [6.45, 7) is 8.26. The van der Waals surface area contributed by atoms with E-state index in [4.69, 9.17) is 0 Å². The normalized spacial score (nSPS) is 20.8. The molecule has 1 aliphatic rings. The van der Waals surface area contributed by atoms with Crippen molar-refractivity contribution in [3.8, 4) is 0 Å². The van der Waals surface area contributed by atoms with Crippen molar-refractivity contribution < 1.29 is 18.1 Å². The largest absolute Gasteiger partial charge is 0.371 e. The van der Waals surface area contributed by atoms with Crippen LogP contribution < -0.4 is 10.6 Å². The summed E-state index contributed by atoms with van der Waals surface area (Å²) in [6.07, 6.45) is 0.952. The lowest BCUT2D eigenvalue weighted by Crippen LogP contribution is -2.42. The first-order valence-electron chi connectivity index (χ1n) is 9.32. The minimum Gasteiger partial charge on any atom is -0.371 e. The molecule has 0 spiro atoms. The maximum Gasteiger partial charge on any atom is 0.293 e. The molecule has 1 aromatic carbocycles. The summed E-state index contributed by atoms with van der Waals surface area (Å²) in [5.41, 5.74) is -0.278. The molecule has 1 fully saturated rings. The summed E-state index contributed by atoms with van der Waals surface area (Å²) in [4.78, 5) is 22.5. The van der Waals surface area contributed by atoms with Gasteiger partial charge in [-0.25, -0.2) is 8.42 Å². The van der Waals surface area contributed by atoms with Crippen molar-refractivity contribution in [3.05, 3.63) is 28.3 Å². The molecule has 9 nitrogen and oxygen atoms in total. The van der Waals surface area contributed by atoms with Gasteiger partial charge in [0.15, 0.2) is 0 Å². The summed E-state index contributed by atoms with van der Waals surface area (Å²) in [6, 6.07) is 3.69. The van der Waals surface area contributed by atoms with Crippen LogP contribution in [0.5, 0.6) is 0 Å². The topological polar surface area (TPSA) is 122 Å². The Hall–Kier alpha value is -2.20. The third-order valence-electron chi connectivity index (χ3n) is 4.53. The monoisotopic (exact) mass is 412 g/mol. The van der Waals surface area contributed by atoms with E-state index in [0.29, 0.717) is 13.1 Å². The highest BCUT2D eigenvalue weighted by atomic mass is 32.2. The van der Waals surface area contributed by atoms with Crippen LogP contribution in [0.1, 0.15) is 34.1 Å². The molecule has 10 heteroatoms. The van der Waals surface area contributed by atoms with Crippen molar-refractivity contribution in [3.63, 3.8) is 0 Å². The van der Waals surface area contributed by atoms with Crippen LogP contribution in [-0.4, -0.2) is 49.2 Å². The minimum absolute atomic E-state index is 0.0499. The van der Waals surface area contributed by atoms with Crippen LogP contribution in [0.2, 0.25) is 0 Å². The zero-order chi connectivity index (χ0) is 21.1. The molecule has 0 unspecified atom stereocenters.